The molecule has 1 aromatic carbocycles. The van der Waals surface area contributed by atoms with Crippen LogP contribution in [-0.2, 0) is 16.6 Å². The smallest absolute Gasteiger partial charge is 0.240 e. The second-order valence-electron chi connectivity index (χ2n) is 7.70. The van der Waals surface area contributed by atoms with E-state index in [9.17, 15) is 8.42 Å². The Kier molecular flexibility index (Phi) is 6.15. The van der Waals surface area contributed by atoms with E-state index < -0.39 is 10.0 Å². The van der Waals surface area contributed by atoms with Crippen molar-refractivity contribution in [2.24, 2.45) is 0 Å². The van der Waals surface area contributed by atoms with Gasteiger partial charge in [0, 0.05) is 37.8 Å². The second kappa shape index (κ2) is 8.16. The lowest BCUT2D eigenvalue weighted by Gasteiger charge is -2.20. The highest BCUT2D eigenvalue weighted by molar-refractivity contribution is 7.89. The average Bonchev–Trinajstić information content (AvgIpc) is 3.24. The molecule has 1 aliphatic heterocycles. The summed E-state index contributed by atoms with van der Waals surface area (Å²) >= 11 is 0. The lowest BCUT2D eigenvalue weighted by atomic mass is 10.2. The highest BCUT2D eigenvalue weighted by Crippen LogP contribution is 2.19. The molecule has 1 saturated carbocycles. The zero-order valence-corrected chi connectivity index (χ0v) is 16.2. The summed E-state index contributed by atoms with van der Waals surface area (Å²) in [4.78, 5) is 2.67. The number of hydrogen-bond acceptors (Lipinski definition) is 4. The zero-order chi connectivity index (χ0) is 17.9. The fourth-order valence-corrected chi connectivity index (χ4v) is 5.08. The van der Waals surface area contributed by atoms with Crippen LogP contribution in [0.1, 0.15) is 51.5 Å². The molecule has 0 unspecified atom stereocenters. The Morgan fingerprint density at radius 1 is 1.08 bits per heavy atom. The third kappa shape index (κ3) is 5.03. The van der Waals surface area contributed by atoms with Gasteiger partial charge in [0.05, 0.1) is 4.90 Å². The second-order valence-corrected chi connectivity index (χ2v) is 9.42. The Bertz CT molecular complexity index is 652. The van der Waals surface area contributed by atoms with Crippen LogP contribution in [0.5, 0.6) is 0 Å². The summed E-state index contributed by atoms with van der Waals surface area (Å²) in [6, 6.07) is 8.39. The summed E-state index contributed by atoms with van der Waals surface area (Å²) in [6.07, 6.45) is 6.02. The van der Waals surface area contributed by atoms with Crippen molar-refractivity contribution in [1.82, 2.24) is 14.9 Å². The van der Waals surface area contributed by atoms with Gasteiger partial charge in [-0.15, -0.1) is 0 Å². The molecule has 2 aliphatic rings. The highest BCUT2D eigenvalue weighted by Gasteiger charge is 2.28. The monoisotopic (exact) mass is 365 g/mol. The summed E-state index contributed by atoms with van der Waals surface area (Å²) in [5, 5.41) is 3.56. The van der Waals surface area contributed by atoms with Crippen molar-refractivity contribution in [3.63, 3.8) is 0 Å². The van der Waals surface area contributed by atoms with E-state index in [0.29, 0.717) is 17.0 Å². The van der Waals surface area contributed by atoms with E-state index in [1.54, 1.807) is 12.1 Å². The molecule has 2 N–H and O–H groups in total. The zero-order valence-electron chi connectivity index (χ0n) is 15.4. The van der Waals surface area contributed by atoms with Crippen LogP contribution in [0.15, 0.2) is 29.2 Å². The Morgan fingerprint density at radius 2 is 1.76 bits per heavy atom. The Labute approximate surface area is 152 Å². The molecule has 1 aliphatic carbocycles. The first-order valence-electron chi connectivity index (χ1n) is 9.53. The molecule has 1 saturated heterocycles. The molecular weight excluding hydrogens is 334 g/mol. The molecule has 0 aromatic heterocycles. The van der Waals surface area contributed by atoms with Crippen LogP contribution in [0.25, 0.3) is 0 Å². The number of rotatable bonds is 7. The lowest BCUT2D eigenvalue weighted by molar-refractivity contribution is 0.271. The van der Waals surface area contributed by atoms with Crippen LogP contribution in [0.4, 0.5) is 0 Å². The topological polar surface area (TPSA) is 61.4 Å². The first-order valence-corrected chi connectivity index (χ1v) is 11.0. The van der Waals surface area contributed by atoms with Gasteiger partial charge in [-0.25, -0.2) is 13.1 Å². The van der Waals surface area contributed by atoms with Crippen molar-refractivity contribution < 1.29 is 8.42 Å². The molecule has 0 bridgehead atoms. The number of sulfonamides is 1. The van der Waals surface area contributed by atoms with Crippen LogP contribution in [-0.4, -0.2) is 44.5 Å². The Balaban J connectivity index is 1.55. The molecule has 1 heterocycles. The molecule has 0 radical (unpaired) electrons. The molecule has 0 spiro atoms. The van der Waals surface area contributed by atoms with Gasteiger partial charge in [0.2, 0.25) is 10.0 Å². The molecule has 25 heavy (non-hydrogen) atoms. The van der Waals surface area contributed by atoms with Gasteiger partial charge >= 0.3 is 0 Å². The Hall–Kier alpha value is -0.950. The number of likely N-dealkylation sites (tertiary alicyclic amines) is 1. The van der Waals surface area contributed by atoms with E-state index in [1.807, 2.05) is 12.1 Å². The predicted molar refractivity (Wildman–Crippen MR) is 101 cm³/mol. The molecule has 0 amide bonds. The van der Waals surface area contributed by atoms with Crippen LogP contribution < -0.4 is 10.0 Å². The summed E-state index contributed by atoms with van der Waals surface area (Å²) in [7, 11) is -3.44. The van der Waals surface area contributed by atoms with Crippen LogP contribution >= 0.6 is 0 Å². The standard InChI is InChI=1S/C19H31N3O2S/c1-15(2)22-12-11-18(14-22)21-25(23,24)19-9-7-16(8-10-19)13-20-17-5-3-4-6-17/h7-10,15,17-18,20-21H,3-6,11-14H2,1-2H3/t18-/m0/s1. The summed E-state index contributed by atoms with van der Waals surface area (Å²) in [5.41, 5.74) is 1.14. The van der Waals surface area contributed by atoms with E-state index >= 15 is 0 Å². The number of nitrogens with one attached hydrogen (secondary N) is 2. The summed E-state index contributed by atoms with van der Waals surface area (Å²) < 4.78 is 28.1. The van der Waals surface area contributed by atoms with Crippen LogP contribution in [0.3, 0.4) is 0 Å². The first-order chi connectivity index (χ1) is 11.9. The SMILES string of the molecule is CC(C)N1CC[C@H](NS(=O)(=O)c2ccc(CNC3CCCC3)cc2)C1. The number of hydrogen-bond donors (Lipinski definition) is 2. The van der Waals surface area contributed by atoms with Gasteiger partial charge in [0.1, 0.15) is 0 Å². The van der Waals surface area contributed by atoms with Crippen molar-refractivity contribution in [2.75, 3.05) is 13.1 Å². The number of nitrogens with zero attached hydrogens (tertiary/aromatic N) is 1. The largest absolute Gasteiger partial charge is 0.310 e. The van der Waals surface area contributed by atoms with Gasteiger partial charge in [-0.2, -0.15) is 0 Å². The third-order valence-electron chi connectivity index (χ3n) is 5.46. The molecular formula is C19H31N3O2S. The first kappa shape index (κ1) is 18.8. The minimum atomic E-state index is -3.44. The highest BCUT2D eigenvalue weighted by atomic mass is 32.2. The van der Waals surface area contributed by atoms with E-state index in [-0.39, 0.29) is 6.04 Å². The van der Waals surface area contributed by atoms with Crippen LogP contribution in [0, 0.1) is 0 Å². The van der Waals surface area contributed by atoms with Gasteiger partial charge < -0.3 is 5.32 Å². The van der Waals surface area contributed by atoms with Crippen molar-refractivity contribution in [3.05, 3.63) is 29.8 Å². The molecule has 1 atom stereocenters. The molecule has 3 rings (SSSR count). The lowest BCUT2D eigenvalue weighted by Crippen LogP contribution is -2.38. The van der Waals surface area contributed by atoms with Crippen molar-refractivity contribution in [3.8, 4) is 0 Å². The van der Waals surface area contributed by atoms with Crippen molar-refractivity contribution in [2.45, 2.75) is 75.5 Å². The normalized spacial score (nSPS) is 22.9. The Morgan fingerprint density at radius 3 is 2.36 bits per heavy atom. The van der Waals surface area contributed by atoms with Gasteiger partial charge in [-0.3, -0.25) is 4.90 Å². The number of benzene rings is 1. The summed E-state index contributed by atoms with van der Waals surface area (Å²) in [5.74, 6) is 0. The van der Waals surface area contributed by atoms with Gasteiger partial charge in [-0.05, 0) is 50.8 Å². The van der Waals surface area contributed by atoms with E-state index in [2.05, 4.69) is 28.8 Å². The fraction of sp³-hybridized carbons (Fsp3) is 0.684. The van der Waals surface area contributed by atoms with Crippen molar-refractivity contribution >= 4 is 10.0 Å². The van der Waals surface area contributed by atoms with Crippen LogP contribution in [0.2, 0.25) is 0 Å². The minimum absolute atomic E-state index is 0.0103. The molecule has 140 valence electrons. The maximum absolute atomic E-state index is 12.6. The third-order valence-corrected chi connectivity index (χ3v) is 6.99. The quantitative estimate of drug-likeness (QED) is 0.779. The molecule has 5 nitrogen and oxygen atoms in total. The summed E-state index contributed by atoms with van der Waals surface area (Å²) in [6.45, 7) is 6.85. The maximum atomic E-state index is 12.6. The van der Waals surface area contributed by atoms with E-state index in [1.165, 1.54) is 25.7 Å². The predicted octanol–water partition coefficient (Wildman–Crippen LogP) is 2.48. The minimum Gasteiger partial charge on any atom is -0.310 e. The van der Waals surface area contributed by atoms with Gasteiger partial charge in [-0.1, -0.05) is 25.0 Å². The van der Waals surface area contributed by atoms with E-state index in [0.717, 1.165) is 31.6 Å². The molecule has 6 heteroatoms. The average molecular weight is 366 g/mol. The molecule has 2 fully saturated rings. The molecule has 1 aromatic rings. The van der Waals surface area contributed by atoms with Crippen molar-refractivity contribution in [1.29, 1.82) is 0 Å². The fourth-order valence-electron chi connectivity index (χ4n) is 3.82. The van der Waals surface area contributed by atoms with Gasteiger partial charge in [0.15, 0.2) is 0 Å². The maximum Gasteiger partial charge on any atom is 0.240 e. The van der Waals surface area contributed by atoms with Gasteiger partial charge in [0.25, 0.3) is 0 Å². The van der Waals surface area contributed by atoms with E-state index in [4.69, 9.17) is 0 Å².